The van der Waals surface area contributed by atoms with Crippen LogP contribution in [0.5, 0.6) is 0 Å². The van der Waals surface area contributed by atoms with Crippen LogP contribution in [-0.4, -0.2) is 34.6 Å². The summed E-state index contributed by atoms with van der Waals surface area (Å²) in [5.74, 6) is 0.0192. The first-order chi connectivity index (χ1) is 14.7. The average Bonchev–Trinajstić information content (AvgIpc) is 2.75. The summed E-state index contributed by atoms with van der Waals surface area (Å²) in [5.41, 5.74) is 2.00. The summed E-state index contributed by atoms with van der Waals surface area (Å²) in [6, 6.07) is 12.8. The summed E-state index contributed by atoms with van der Waals surface area (Å²) in [6.45, 7) is 8.21. The minimum Gasteiger partial charge on any atom is -0.352 e. The molecule has 2 amide bonds. The summed E-state index contributed by atoms with van der Waals surface area (Å²) in [7, 11) is 0. The average molecular weight is 481 g/mol. The molecule has 31 heavy (non-hydrogen) atoms. The minimum absolute atomic E-state index is 0.0467. The molecule has 0 aliphatic heterocycles. The molecule has 0 radical (unpaired) electrons. The number of benzene rings is 2. The molecular weight excluding hydrogens is 451 g/mol. The zero-order valence-electron chi connectivity index (χ0n) is 18.5. The Balaban J connectivity index is 2.23. The molecule has 168 valence electrons. The molecule has 0 saturated carbocycles. The molecule has 2 aromatic rings. The molecule has 0 saturated heterocycles. The predicted octanol–water partition coefficient (Wildman–Crippen LogP) is 6.12. The van der Waals surface area contributed by atoms with Gasteiger partial charge in [-0.15, -0.1) is 11.8 Å². The van der Waals surface area contributed by atoms with E-state index in [1.807, 2.05) is 58.0 Å². The first-order valence-electron chi connectivity index (χ1n) is 10.5. The van der Waals surface area contributed by atoms with Crippen molar-refractivity contribution >= 4 is 46.8 Å². The molecule has 0 bridgehead atoms. The van der Waals surface area contributed by atoms with E-state index < -0.39 is 6.04 Å². The van der Waals surface area contributed by atoms with E-state index in [4.69, 9.17) is 23.2 Å². The number of carbonyl (C=O) groups is 2. The lowest BCUT2D eigenvalue weighted by atomic mass is 10.1. The summed E-state index contributed by atoms with van der Waals surface area (Å²) < 4.78 is 0. The molecule has 2 atom stereocenters. The van der Waals surface area contributed by atoms with E-state index in [0.717, 1.165) is 16.9 Å². The number of hydrogen-bond donors (Lipinski definition) is 1. The lowest BCUT2D eigenvalue weighted by molar-refractivity contribution is -0.139. The van der Waals surface area contributed by atoms with Gasteiger partial charge in [-0.2, -0.15) is 0 Å². The number of carbonyl (C=O) groups excluding carboxylic acids is 2. The minimum atomic E-state index is -0.561. The van der Waals surface area contributed by atoms with Gasteiger partial charge in [-0.3, -0.25) is 9.59 Å². The molecule has 2 rings (SSSR count). The van der Waals surface area contributed by atoms with Crippen LogP contribution in [0, 0.1) is 6.92 Å². The Hall–Kier alpha value is -1.69. The maximum atomic E-state index is 13.3. The number of thioether (sulfide) groups is 1. The van der Waals surface area contributed by atoms with Crippen molar-refractivity contribution in [3.8, 4) is 0 Å². The number of hydrogen-bond acceptors (Lipinski definition) is 3. The van der Waals surface area contributed by atoms with E-state index >= 15 is 0 Å². The van der Waals surface area contributed by atoms with E-state index in [0.29, 0.717) is 16.5 Å². The zero-order chi connectivity index (χ0) is 23.0. The van der Waals surface area contributed by atoms with E-state index in [2.05, 4.69) is 5.32 Å². The Bertz CT molecular complexity index is 890. The van der Waals surface area contributed by atoms with Crippen LogP contribution in [0.1, 0.15) is 44.7 Å². The standard InChI is InChI=1S/C24H30Cl2N2O2S/c1-5-17(4)27-24(30)22(6-2)28(14-18-9-12-20(25)21(26)13-18)23(29)15-31-19-10-7-16(3)8-11-19/h7-13,17,22H,5-6,14-15H2,1-4H3,(H,27,30)/t17-,22-/m0/s1. The van der Waals surface area contributed by atoms with Gasteiger partial charge in [-0.25, -0.2) is 0 Å². The second-order valence-corrected chi connectivity index (χ2v) is 9.48. The summed E-state index contributed by atoms with van der Waals surface area (Å²) >= 11 is 13.7. The van der Waals surface area contributed by atoms with Crippen molar-refractivity contribution in [2.75, 3.05) is 5.75 Å². The Morgan fingerprint density at radius 3 is 2.29 bits per heavy atom. The Kier molecular flexibility index (Phi) is 10.2. The molecule has 1 N–H and O–H groups in total. The number of nitrogens with zero attached hydrogens (tertiary/aromatic N) is 1. The number of rotatable bonds is 10. The van der Waals surface area contributed by atoms with Gasteiger partial charge in [0.15, 0.2) is 0 Å². The van der Waals surface area contributed by atoms with Crippen molar-refractivity contribution in [1.29, 1.82) is 0 Å². The largest absolute Gasteiger partial charge is 0.352 e. The molecule has 0 aromatic heterocycles. The summed E-state index contributed by atoms with van der Waals surface area (Å²) in [4.78, 5) is 28.9. The highest BCUT2D eigenvalue weighted by Gasteiger charge is 2.29. The van der Waals surface area contributed by atoms with Gasteiger partial charge in [0.05, 0.1) is 15.8 Å². The second-order valence-electron chi connectivity index (χ2n) is 7.61. The van der Waals surface area contributed by atoms with Gasteiger partial charge in [0, 0.05) is 17.5 Å². The SMILES string of the molecule is CC[C@H](C)NC(=O)[C@H](CC)N(Cc1ccc(Cl)c(Cl)c1)C(=O)CSc1ccc(C)cc1. The lowest BCUT2D eigenvalue weighted by Crippen LogP contribution is -2.51. The van der Waals surface area contributed by atoms with Crippen LogP contribution in [0.2, 0.25) is 10.0 Å². The molecule has 2 aromatic carbocycles. The van der Waals surface area contributed by atoms with Crippen molar-refractivity contribution in [2.24, 2.45) is 0 Å². The summed E-state index contributed by atoms with van der Waals surface area (Å²) in [6.07, 6.45) is 1.34. The number of amides is 2. The van der Waals surface area contributed by atoms with Crippen LogP contribution in [0.4, 0.5) is 0 Å². The topological polar surface area (TPSA) is 49.4 Å². The fourth-order valence-corrected chi connectivity index (χ4v) is 4.16. The maximum Gasteiger partial charge on any atom is 0.243 e. The van der Waals surface area contributed by atoms with Gasteiger partial charge >= 0.3 is 0 Å². The molecule has 0 aliphatic carbocycles. The third kappa shape index (κ3) is 7.74. The Morgan fingerprint density at radius 1 is 1.03 bits per heavy atom. The molecule has 4 nitrogen and oxygen atoms in total. The maximum absolute atomic E-state index is 13.3. The Labute approximate surface area is 199 Å². The first kappa shape index (κ1) is 25.6. The van der Waals surface area contributed by atoms with Crippen LogP contribution in [0.25, 0.3) is 0 Å². The van der Waals surface area contributed by atoms with Gasteiger partial charge in [0.25, 0.3) is 0 Å². The van der Waals surface area contributed by atoms with Crippen molar-refractivity contribution in [3.05, 3.63) is 63.6 Å². The molecule has 0 unspecified atom stereocenters. The van der Waals surface area contributed by atoms with Crippen LogP contribution < -0.4 is 5.32 Å². The molecule has 0 heterocycles. The highest BCUT2D eigenvalue weighted by molar-refractivity contribution is 8.00. The van der Waals surface area contributed by atoms with Crippen LogP contribution in [0.15, 0.2) is 47.4 Å². The van der Waals surface area contributed by atoms with Crippen LogP contribution in [-0.2, 0) is 16.1 Å². The fourth-order valence-electron chi connectivity index (χ4n) is 3.06. The summed E-state index contributed by atoms with van der Waals surface area (Å²) in [5, 5.41) is 3.90. The molecule has 0 spiro atoms. The first-order valence-corrected chi connectivity index (χ1v) is 12.2. The van der Waals surface area contributed by atoms with Crippen LogP contribution in [0.3, 0.4) is 0 Å². The molecule has 7 heteroatoms. The number of halogens is 2. The highest BCUT2D eigenvalue weighted by Crippen LogP contribution is 2.25. The van der Waals surface area contributed by atoms with Crippen LogP contribution >= 0.6 is 35.0 Å². The third-order valence-electron chi connectivity index (χ3n) is 5.11. The van der Waals surface area contributed by atoms with Gasteiger partial charge in [-0.05, 0) is 56.5 Å². The van der Waals surface area contributed by atoms with E-state index in [1.165, 1.54) is 17.3 Å². The van der Waals surface area contributed by atoms with Gasteiger partial charge < -0.3 is 10.2 Å². The van der Waals surface area contributed by atoms with E-state index in [9.17, 15) is 9.59 Å². The highest BCUT2D eigenvalue weighted by atomic mass is 35.5. The monoisotopic (exact) mass is 480 g/mol. The van der Waals surface area contributed by atoms with E-state index in [-0.39, 0.29) is 30.2 Å². The van der Waals surface area contributed by atoms with E-state index in [1.54, 1.807) is 17.0 Å². The smallest absolute Gasteiger partial charge is 0.243 e. The number of nitrogens with one attached hydrogen (secondary N) is 1. The number of aryl methyl sites for hydroxylation is 1. The normalized spacial score (nSPS) is 12.8. The van der Waals surface area contributed by atoms with Crippen molar-refractivity contribution < 1.29 is 9.59 Å². The Morgan fingerprint density at radius 2 is 1.71 bits per heavy atom. The second kappa shape index (κ2) is 12.4. The fraction of sp³-hybridized carbons (Fsp3) is 0.417. The third-order valence-corrected chi connectivity index (χ3v) is 6.84. The molecule has 0 aliphatic rings. The van der Waals surface area contributed by atoms with Crippen molar-refractivity contribution in [3.63, 3.8) is 0 Å². The predicted molar refractivity (Wildman–Crippen MR) is 131 cm³/mol. The molecular formula is C24H30Cl2N2O2S. The zero-order valence-corrected chi connectivity index (χ0v) is 20.8. The quantitative estimate of drug-likeness (QED) is 0.416. The van der Waals surface area contributed by atoms with Gasteiger partial charge in [0.2, 0.25) is 11.8 Å². The van der Waals surface area contributed by atoms with Crippen molar-refractivity contribution in [1.82, 2.24) is 10.2 Å². The van der Waals surface area contributed by atoms with Crippen molar-refractivity contribution in [2.45, 2.75) is 64.1 Å². The van der Waals surface area contributed by atoms with Gasteiger partial charge in [-0.1, -0.05) is 60.8 Å². The van der Waals surface area contributed by atoms with Gasteiger partial charge in [0.1, 0.15) is 6.04 Å². The molecule has 0 fully saturated rings. The lowest BCUT2D eigenvalue weighted by Gasteiger charge is -2.31.